The van der Waals surface area contributed by atoms with E-state index in [2.05, 4.69) is 20.8 Å². The lowest BCUT2D eigenvalue weighted by atomic mass is 10.2. The molecule has 1 unspecified atom stereocenters. The monoisotopic (exact) mass is 364 g/mol. The van der Waals surface area contributed by atoms with Crippen LogP contribution in [0.2, 0.25) is 0 Å². The Kier molecular flexibility index (Phi) is 5.56. The lowest BCUT2D eigenvalue weighted by molar-refractivity contribution is -0.384. The minimum atomic E-state index is -0.491. The average molecular weight is 364 g/mol. The molecule has 132 valence electrons. The van der Waals surface area contributed by atoms with Gasteiger partial charge in [-0.1, -0.05) is 11.8 Å². The number of rotatable bonds is 7. The Morgan fingerprint density at radius 2 is 2.24 bits per heavy atom. The zero-order valence-electron chi connectivity index (χ0n) is 13.2. The maximum atomic E-state index is 12.0. The molecule has 11 heteroatoms. The zero-order valence-corrected chi connectivity index (χ0v) is 14.0. The predicted octanol–water partition coefficient (Wildman–Crippen LogP) is 1.49. The third-order valence-corrected chi connectivity index (χ3v) is 4.55. The molecule has 1 aliphatic heterocycles. The third kappa shape index (κ3) is 4.73. The minimum Gasteiger partial charge on any atom is -0.376 e. The van der Waals surface area contributed by atoms with Crippen LogP contribution in [0, 0.1) is 10.1 Å². The van der Waals surface area contributed by atoms with Gasteiger partial charge in [0, 0.05) is 24.4 Å². The molecule has 1 fully saturated rings. The Bertz CT molecular complexity index is 744. The highest BCUT2D eigenvalue weighted by Crippen LogP contribution is 2.19. The predicted molar refractivity (Wildman–Crippen MR) is 89.2 cm³/mol. The first-order valence-corrected chi connectivity index (χ1v) is 8.65. The summed E-state index contributed by atoms with van der Waals surface area (Å²) in [5.74, 6) is -0.117. The SMILES string of the molecule is O=C(CSc1nnnn1CC1CCCO1)Nc1ccc([N+](=O)[O-])cc1. The molecule has 1 N–H and O–H groups in total. The molecule has 1 atom stereocenters. The van der Waals surface area contributed by atoms with Crippen molar-refractivity contribution in [3.05, 3.63) is 34.4 Å². The summed E-state index contributed by atoms with van der Waals surface area (Å²) in [7, 11) is 0. The number of non-ortho nitro benzene ring substituents is 1. The highest BCUT2D eigenvalue weighted by Gasteiger charge is 2.19. The summed E-state index contributed by atoms with van der Waals surface area (Å²) >= 11 is 1.22. The highest BCUT2D eigenvalue weighted by atomic mass is 32.2. The lowest BCUT2D eigenvalue weighted by Crippen LogP contribution is -2.18. The largest absolute Gasteiger partial charge is 0.376 e. The van der Waals surface area contributed by atoms with Crippen LogP contribution in [0.3, 0.4) is 0 Å². The van der Waals surface area contributed by atoms with E-state index in [9.17, 15) is 14.9 Å². The van der Waals surface area contributed by atoms with Crippen molar-refractivity contribution >= 4 is 29.0 Å². The molecule has 10 nitrogen and oxygen atoms in total. The Balaban J connectivity index is 1.50. The van der Waals surface area contributed by atoms with Crippen molar-refractivity contribution in [1.29, 1.82) is 0 Å². The van der Waals surface area contributed by atoms with E-state index in [4.69, 9.17) is 4.74 Å². The summed E-state index contributed by atoms with van der Waals surface area (Å²) in [6, 6.07) is 5.65. The summed E-state index contributed by atoms with van der Waals surface area (Å²) in [6.07, 6.45) is 2.12. The Morgan fingerprint density at radius 1 is 1.44 bits per heavy atom. The number of nitrogens with zero attached hydrogens (tertiary/aromatic N) is 5. The fourth-order valence-electron chi connectivity index (χ4n) is 2.39. The van der Waals surface area contributed by atoms with Crippen LogP contribution in [-0.2, 0) is 16.1 Å². The first kappa shape index (κ1) is 17.3. The van der Waals surface area contributed by atoms with E-state index in [1.165, 1.54) is 36.0 Å². The Labute approximate surface area is 147 Å². The van der Waals surface area contributed by atoms with E-state index in [1.54, 1.807) is 4.68 Å². The summed E-state index contributed by atoms with van der Waals surface area (Å²) in [4.78, 5) is 22.1. The van der Waals surface area contributed by atoms with Crippen LogP contribution >= 0.6 is 11.8 Å². The van der Waals surface area contributed by atoms with Crippen molar-refractivity contribution in [3.63, 3.8) is 0 Å². The molecule has 0 aliphatic carbocycles. The third-order valence-electron chi connectivity index (χ3n) is 3.59. The van der Waals surface area contributed by atoms with E-state index < -0.39 is 4.92 Å². The topological polar surface area (TPSA) is 125 Å². The molecule has 1 aromatic heterocycles. The summed E-state index contributed by atoms with van der Waals surface area (Å²) in [5.41, 5.74) is 0.468. The lowest BCUT2D eigenvalue weighted by Gasteiger charge is -2.10. The van der Waals surface area contributed by atoms with E-state index in [0.717, 1.165) is 19.4 Å². The van der Waals surface area contributed by atoms with Gasteiger partial charge in [-0.15, -0.1) is 5.10 Å². The van der Waals surface area contributed by atoms with E-state index >= 15 is 0 Å². The molecule has 1 saturated heterocycles. The fraction of sp³-hybridized carbons (Fsp3) is 0.429. The van der Waals surface area contributed by atoms with Gasteiger partial charge in [-0.05, 0) is 35.4 Å². The number of thioether (sulfide) groups is 1. The van der Waals surface area contributed by atoms with Gasteiger partial charge in [0.25, 0.3) is 5.69 Å². The van der Waals surface area contributed by atoms with Crippen molar-refractivity contribution in [2.24, 2.45) is 0 Å². The van der Waals surface area contributed by atoms with Crippen LogP contribution in [0.15, 0.2) is 29.4 Å². The molecule has 1 aromatic carbocycles. The highest BCUT2D eigenvalue weighted by molar-refractivity contribution is 7.99. The van der Waals surface area contributed by atoms with Gasteiger partial charge in [0.05, 0.1) is 23.3 Å². The number of hydrogen-bond acceptors (Lipinski definition) is 8. The number of nitrogens with one attached hydrogen (secondary N) is 1. The standard InChI is InChI=1S/C14H16N6O4S/c21-13(15-10-3-5-11(6-4-10)20(22)23)9-25-14-16-17-18-19(14)8-12-2-1-7-24-12/h3-6,12H,1-2,7-9H2,(H,15,21). The van der Waals surface area contributed by atoms with Crippen molar-refractivity contribution in [2.45, 2.75) is 30.6 Å². The van der Waals surface area contributed by atoms with Gasteiger partial charge in [-0.25, -0.2) is 4.68 Å². The van der Waals surface area contributed by atoms with Crippen LogP contribution < -0.4 is 5.32 Å². The fourth-order valence-corrected chi connectivity index (χ4v) is 3.08. The number of aromatic nitrogens is 4. The smallest absolute Gasteiger partial charge is 0.269 e. The second-order valence-electron chi connectivity index (χ2n) is 5.42. The van der Waals surface area contributed by atoms with E-state index in [1.807, 2.05) is 0 Å². The molecule has 1 amide bonds. The summed E-state index contributed by atoms with van der Waals surface area (Å²) < 4.78 is 7.20. The number of tetrazole rings is 1. The maximum Gasteiger partial charge on any atom is 0.269 e. The molecule has 0 radical (unpaired) electrons. The molecule has 2 heterocycles. The molecular weight excluding hydrogens is 348 g/mol. The number of carbonyl (C=O) groups is 1. The van der Waals surface area contributed by atoms with Gasteiger partial charge < -0.3 is 10.1 Å². The first-order valence-electron chi connectivity index (χ1n) is 7.66. The van der Waals surface area contributed by atoms with Crippen molar-refractivity contribution in [2.75, 3.05) is 17.7 Å². The minimum absolute atomic E-state index is 0.0271. The molecule has 0 bridgehead atoms. The van der Waals surface area contributed by atoms with Gasteiger partial charge in [0.2, 0.25) is 11.1 Å². The molecule has 0 saturated carbocycles. The van der Waals surface area contributed by atoms with Gasteiger partial charge >= 0.3 is 0 Å². The van der Waals surface area contributed by atoms with Gasteiger partial charge in [0.15, 0.2) is 0 Å². The number of amides is 1. The number of hydrogen-bond donors (Lipinski definition) is 1. The number of benzene rings is 1. The first-order chi connectivity index (χ1) is 12.1. The number of nitro benzene ring substituents is 1. The number of carbonyl (C=O) groups excluding carboxylic acids is 1. The van der Waals surface area contributed by atoms with Crippen LogP contribution in [-0.4, -0.2) is 49.5 Å². The Morgan fingerprint density at radius 3 is 2.92 bits per heavy atom. The maximum absolute atomic E-state index is 12.0. The van der Waals surface area contributed by atoms with Gasteiger partial charge in [-0.3, -0.25) is 14.9 Å². The van der Waals surface area contributed by atoms with Crippen LogP contribution in [0.4, 0.5) is 11.4 Å². The summed E-state index contributed by atoms with van der Waals surface area (Å²) in [6.45, 7) is 1.33. The number of ether oxygens (including phenoxy) is 1. The second kappa shape index (κ2) is 8.03. The van der Waals surface area contributed by atoms with Crippen LogP contribution in [0.5, 0.6) is 0 Å². The van der Waals surface area contributed by atoms with Crippen LogP contribution in [0.1, 0.15) is 12.8 Å². The number of anilines is 1. The van der Waals surface area contributed by atoms with Crippen molar-refractivity contribution < 1.29 is 14.5 Å². The summed E-state index contributed by atoms with van der Waals surface area (Å²) in [5, 5.41) is 25.3. The molecule has 0 spiro atoms. The van der Waals surface area contributed by atoms with Crippen LogP contribution in [0.25, 0.3) is 0 Å². The van der Waals surface area contributed by atoms with E-state index in [-0.39, 0.29) is 23.5 Å². The molecule has 3 rings (SSSR count). The zero-order chi connectivity index (χ0) is 17.6. The molecule has 25 heavy (non-hydrogen) atoms. The molecule has 2 aromatic rings. The second-order valence-corrected chi connectivity index (χ2v) is 6.36. The average Bonchev–Trinajstić information content (AvgIpc) is 3.26. The van der Waals surface area contributed by atoms with Crippen molar-refractivity contribution in [3.8, 4) is 0 Å². The normalized spacial score (nSPS) is 16.7. The quantitative estimate of drug-likeness (QED) is 0.445. The van der Waals surface area contributed by atoms with Crippen molar-refractivity contribution in [1.82, 2.24) is 20.2 Å². The Hall–Kier alpha value is -2.53. The van der Waals surface area contributed by atoms with Gasteiger partial charge in [0.1, 0.15) is 0 Å². The molecular formula is C14H16N6O4S. The molecule has 1 aliphatic rings. The van der Waals surface area contributed by atoms with E-state index in [0.29, 0.717) is 17.4 Å². The van der Waals surface area contributed by atoms with Gasteiger partial charge in [-0.2, -0.15) is 0 Å². The number of nitro groups is 1.